The molecular weight excluding hydrogens is 248 g/mol. The van der Waals surface area contributed by atoms with Gasteiger partial charge in [-0.25, -0.2) is 0 Å². The quantitative estimate of drug-likeness (QED) is 0.512. The molecule has 0 unspecified atom stereocenters. The van der Waals surface area contributed by atoms with Crippen molar-refractivity contribution >= 4 is 21.9 Å². The van der Waals surface area contributed by atoms with Crippen molar-refractivity contribution in [1.82, 2.24) is 9.97 Å². The molecule has 3 heterocycles. The fourth-order valence-corrected chi connectivity index (χ4v) is 2.39. The molecule has 0 fully saturated rings. The molecule has 0 saturated carbocycles. The normalized spacial score (nSPS) is 14.1. The summed E-state index contributed by atoms with van der Waals surface area (Å²) in [4.78, 5) is 8.39. The van der Waals surface area contributed by atoms with E-state index in [0.29, 0.717) is 16.8 Å². The number of pyridine rings is 2. The third-order valence-corrected chi connectivity index (χ3v) is 3.35. The van der Waals surface area contributed by atoms with Crippen molar-refractivity contribution in [3.63, 3.8) is 0 Å². The average molecular weight is 263 g/mol. The predicted octanol–water partition coefficient (Wildman–Crippen LogP) is 4.35. The molecule has 0 N–H and O–H groups in total. The van der Waals surface area contributed by atoms with E-state index in [4.69, 9.17) is 8.53 Å². The second-order valence-corrected chi connectivity index (χ2v) is 4.56. The van der Waals surface area contributed by atoms with Gasteiger partial charge in [-0.15, -0.1) is 0 Å². The van der Waals surface area contributed by atoms with Gasteiger partial charge in [0.25, 0.3) is 0 Å². The minimum atomic E-state index is -2.29. The second-order valence-electron chi connectivity index (χ2n) is 4.56. The number of benzene rings is 1. The van der Waals surface area contributed by atoms with Crippen molar-refractivity contribution in [1.29, 1.82) is 0 Å². The largest absolute Gasteiger partial charge is 0.454 e. The Bertz CT molecular complexity index is 1020. The standard InChI is InChI=1S/C17H12N2O/c1-11-12(6-4-8-18-11)15-9-14-13-5-2-3-7-16(13)20-17(14)10-19-15/h2-10H,1H3/i1D3. The van der Waals surface area contributed by atoms with Gasteiger partial charge in [0, 0.05) is 32.3 Å². The van der Waals surface area contributed by atoms with E-state index >= 15 is 0 Å². The van der Waals surface area contributed by atoms with Crippen LogP contribution in [0.15, 0.2) is 59.3 Å². The first kappa shape index (κ1) is 8.48. The lowest BCUT2D eigenvalue weighted by Gasteiger charge is -2.03. The Balaban J connectivity index is 1.99. The second kappa shape index (κ2) is 4.17. The Morgan fingerprint density at radius 3 is 2.90 bits per heavy atom. The van der Waals surface area contributed by atoms with Crippen molar-refractivity contribution in [2.45, 2.75) is 6.85 Å². The molecule has 0 amide bonds. The molecule has 0 spiro atoms. The van der Waals surface area contributed by atoms with Gasteiger partial charge >= 0.3 is 0 Å². The van der Waals surface area contributed by atoms with E-state index in [2.05, 4.69) is 9.97 Å². The molecule has 96 valence electrons. The molecule has 1 aromatic carbocycles. The molecule has 4 rings (SSSR count). The molecule has 0 aliphatic heterocycles. The third kappa shape index (κ3) is 1.60. The third-order valence-electron chi connectivity index (χ3n) is 3.35. The van der Waals surface area contributed by atoms with Crippen LogP contribution in [0.3, 0.4) is 0 Å². The minimum absolute atomic E-state index is 0.0552. The van der Waals surface area contributed by atoms with Crippen LogP contribution in [0.1, 0.15) is 9.81 Å². The van der Waals surface area contributed by atoms with Crippen LogP contribution in [0, 0.1) is 6.85 Å². The number of rotatable bonds is 1. The summed E-state index contributed by atoms with van der Waals surface area (Å²) >= 11 is 0. The summed E-state index contributed by atoms with van der Waals surface area (Å²) in [6.07, 6.45) is 3.11. The lowest BCUT2D eigenvalue weighted by atomic mass is 10.1. The highest BCUT2D eigenvalue weighted by Crippen LogP contribution is 2.31. The van der Waals surface area contributed by atoms with E-state index in [-0.39, 0.29) is 5.69 Å². The fraction of sp³-hybridized carbons (Fsp3) is 0.0588. The summed E-state index contributed by atoms with van der Waals surface area (Å²) < 4.78 is 28.7. The van der Waals surface area contributed by atoms with E-state index in [0.717, 1.165) is 16.4 Å². The van der Waals surface area contributed by atoms with Gasteiger partial charge in [0.05, 0.1) is 11.9 Å². The summed E-state index contributed by atoms with van der Waals surface area (Å²) in [5.41, 5.74) is 2.60. The molecule has 3 aromatic heterocycles. The zero-order valence-electron chi connectivity index (χ0n) is 13.5. The summed E-state index contributed by atoms with van der Waals surface area (Å²) in [7, 11) is 0. The van der Waals surface area contributed by atoms with Crippen LogP contribution in [0.2, 0.25) is 0 Å². The van der Waals surface area contributed by atoms with Gasteiger partial charge in [0.1, 0.15) is 5.58 Å². The molecule has 0 aliphatic carbocycles. The van der Waals surface area contributed by atoms with Crippen molar-refractivity contribution in [2.24, 2.45) is 0 Å². The van der Waals surface area contributed by atoms with Crippen LogP contribution >= 0.6 is 0 Å². The number of hydrogen-bond donors (Lipinski definition) is 0. The van der Waals surface area contributed by atoms with E-state index in [1.807, 2.05) is 30.3 Å². The van der Waals surface area contributed by atoms with Crippen LogP contribution in [0.4, 0.5) is 0 Å². The SMILES string of the molecule is [2H]C([2H])([2H])c1ncccc1-c1cc2c(cn1)oc1ccccc12. The Hall–Kier alpha value is -2.68. The van der Waals surface area contributed by atoms with E-state index in [1.54, 1.807) is 18.3 Å². The lowest BCUT2D eigenvalue weighted by molar-refractivity contribution is 0.667. The summed E-state index contributed by atoms with van der Waals surface area (Å²) in [6, 6.07) is 13.0. The van der Waals surface area contributed by atoms with Crippen molar-refractivity contribution in [3.05, 3.63) is 60.6 Å². The first-order chi connectivity index (χ1) is 11.0. The number of hydrogen-bond acceptors (Lipinski definition) is 3. The van der Waals surface area contributed by atoms with Crippen molar-refractivity contribution in [3.8, 4) is 11.3 Å². The highest BCUT2D eigenvalue weighted by atomic mass is 16.3. The summed E-state index contributed by atoms with van der Waals surface area (Å²) in [6.45, 7) is -2.29. The highest BCUT2D eigenvalue weighted by molar-refractivity contribution is 6.05. The average Bonchev–Trinajstić information content (AvgIpc) is 2.92. The van der Waals surface area contributed by atoms with Gasteiger partial charge in [0.15, 0.2) is 5.58 Å². The molecule has 0 radical (unpaired) electrons. The van der Waals surface area contributed by atoms with Crippen LogP contribution in [-0.4, -0.2) is 9.97 Å². The van der Waals surface area contributed by atoms with Crippen LogP contribution in [-0.2, 0) is 0 Å². The molecule has 20 heavy (non-hydrogen) atoms. The van der Waals surface area contributed by atoms with Gasteiger partial charge in [-0.2, -0.15) is 0 Å². The molecular formula is C17H12N2O. The molecule has 0 aliphatic rings. The van der Waals surface area contributed by atoms with Crippen molar-refractivity contribution in [2.75, 3.05) is 0 Å². The van der Waals surface area contributed by atoms with Crippen LogP contribution in [0.5, 0.6) is 0 Å². The maximum atomic E-state index is 7.65. The summed E-state index contributed by atoms with van der Waals surface area (Å²) in [5, 5.41) is 1.89. The number of aryl methyl sites for hydroxylation is 1. The van der Waals surface area contributed by atoms with Crippen LogP contribution in [0.25, 0.3) is 33.2 Å². The van der Waals surface area contributed by atoms with Gasteiger partial charge in [-0.05, 0) is 31.1 Å². The molecule has 4 aromatic rings. The van der Waals surface area contributed by atoms with Gasteiger partial charge in [-0.1, -0.05) is 18.2 Å². The number of aromatic nitrogens is 2. The Morgan fingerprint density at radius 1 is 1.00 bits per heavy atom. The molecule has 0 saturated heterocycles. The van der Waals surface area contributed by atoms with Gasteiger partial charge in [0.2, 0.25) is 0 Å². The predicted molar refractivity (Wildman–Crippen MR) is 79.5 cm³/mol. The molecule has 3 heteroatoms. The summed E-state index contributed by atoms with van der Waals surface area (Å²) in [5.74, 6) is 0. The Labute approximate surface area is 120 Å². The smallest absolute Gasteiger partial charge is 0.153 e. The lowest BCUT2D eigenvalue weighted by Crippen LogP contribution is -1.88. The number of nitrogens with zero attached hydrogens (tertiary/aromatic N) is 2. The van der Waals surface area contributed by atoms with Gasteiger partial charge in [-0.3, -0.25) is 9.97 Å². The Morgan fingerprint density at radius 2 is 1.95 bits per heavy atom. The van der Waals surface area contributed by atoms with E-state index < -0.39 is 6.85 Å². The zero-order valence-corrected chi connectivity index (χ0v) is 10.5. The number of para-hydroxylation sites is 1. The maximum absolute atomic E-state index is 7.65. The number of furan rings is 1. The first-order valence-corrected chi connectivity index (χ1v) is 6.27. The Kier molecular flexibility index (Phi) is 1.77. The first-order valence-electron chi connectivity index (χ1n) is 7.77. The monoisotopic (exact) mass is 263 g/mol. The fourth-order valence-electron chi connectivity index (χ4n) is 2.39. The molecule has 3 nitrogen and oxygen atoms in total. The maximum Gasteiger partial charge on any atom is 0.153 e. The van der Waals surface area contributed by atoms with E-state index in [1.165, 1.54) is 6.20 Å². The van der Waals surface area contributed by atoms with Crippen molar-refractivity contribution < 1.29 is 8.53 Å². The topological polar surface area (TPSA) is 38.9 Å². The molecule has 0 bridgehead atoms. The number of fused-ring (bicyclic) bond motifs is 3. The highest BCUT2D eigenvalue weighted by Gasteiger charge is 2.10. The minimum Gasteiger partial charge on any atom is -0.454 e. The van der Waals surface area contributed by atoms with Crippen LogP contribution < -0.4 is 0 Å². The van der Waals surface area contributed by atoms with E-state index in [9.17, 15) is 0 Å². The van der Waals surface area contributed by atoms with Gasteiger partial charge < -0.3 is 4.42 Å². The molecule has 0 atom stereocenters. The zero-order chi connectivity index (χ0) is 16.0.